The van der Waals surface area contributed by atoms with Gasteiger partial charge < -0.3 is 20.1 Å². The number of hydrogen-bond acceptors (Lipinski definition) is 6. The van der Waals surface area contributed by atoms with Crippen LogP contribution in [-0.2, 0) is 4.79 Å². The summed E-state index contributed by atoms with van der Waals surface area (Å²) in [5, 5.41) is 18.8. The Labute approximate surface area is 176 Å². The smallest absolute Gasteiger partial charge is 0.398 e. The minimum atomic E-state index is -4.77. The summed E-state index contributed by atoms with van der Waals surface area (Å²) in [6.07, 6.45) is -4.03. The highest BCUT2D eigenvalue weighted by Gasteiger charge is 2.53. The molecule has 2 aliphatic heterocycles. The Balaban J connectivity index is 1.50. The molecule has 4 heterocycles. The van der Waals surface area contributed by atoms with Gasteiger partial charge in [0.25, 0.3) is 5.91 Å². The molecule has 2 aliphatic rings. The van der Waals surface area contributed by atoms with Crippen LogP contribution >= 0.6 is 0 Å². The molecule has 3 N–H and O–H groups in total. The third-order valence-electron chi connectivity index (χ3n) is 5.67. The van der Waals surface area contributed by atoms with Gasteiger partial charge in [0.1, 0.15) is 12.0 Å². The fourth-order valence-electron chi connectivity index (χ4n) is 4.23. The Bertz CT molecular complexity index is 937. The molecule has 31 heavy (non-hydrogen) atoms. The first-order valence-electron chi connectivity index (χ1n) is 10.2. The van der Waals surface area contributed by atoms with Crippen LogP contribution in [0.1, 0.15) is 49.8 Å². The van der Waals surface area contributed by atoms with Gasteiger partial charge in [0.15, 0.2) is 5.82 Å². The first-order chi connectivity index (χ1) is 14.6. The van der Waals surface area contributed by atoms with Gasteiger partial charge in [0, 0.05) is 36.3 Å². The molecular weight excluding hydrogens is 415 g/mol. The van der Waals surface area contributed by atoms with E-state index in [1.165, 1.54) is 0 Å². The lowest BCUT2D eigenvalue weighted by Crippen LogP contribution is -2.44. The molecule has 4 rings (SSSR count). The largest absolute Gasteiger partial charge is 0.475 e. The van der Waals surface area contributed by atoms with Crippen molar-refractivity contribution in [3.05, 3.63) is 29.6 Å². The third-order valence-corrected chi connectivity index (χ3v) is 5.67. The summed E-state index contributed by atoms with van der Waals surface area (Å²) < 4.78 is 46.5. The maximum atomic E-state index is 13.7. The summed E-state index contributed by atoms with van der Waals surface area (Å²) in [4.78, 5) is 18.2. The maximum Gasteiger partial charge on any atom is 0.398 e. The molecule has 1 amide bonds. The molecule has 1 fully saturated rings. The van der Waals surface area contributed by atoms with E-state index in [4.69, 9.17) is 4.74 Å². The zero-order valence-corrected chi connectivity index (χ0v) is 17.1. The Kier molecular flexibility index (Phi) is 5.54. The minimum absolute atomic E-state index is 0.0262. The molecule has 0 radical (unpaired) electrons. The van der Waals surface area contributed by atoms with Gasteiger partial charge in [-0.2, -0.15) is 18.3 Å². The number of carbonyl (C=O) groups is 1. The fourth-order valence-corrected chi connectivity index (χ4v) is 4.23. The number of aromatic nitrogens is 3. The summed E-state index contributed by atoms with van der Waals surface area (Å²) in [6.45, 7) is 5.08. The number of fused-ring (bicyclic) bond motifs is 1. The number of nitrogens with one attached hydrogen (secondary N) is 2. The standard InChI is InChI=1S/C20H24F3N5O3/c1-10(2)31-13-4-3-12(9-24-13)28-7-5-11(6-8-28)16-14-15(20(21,22)23)17(29)19(30)25-18(14)27-26-16/h3-4,9-11,15,17,29H,5-8H2,1-2H3,(H2,25,26,27,30). The number of anilines is 2. The van der Waals surface area contributed by atoms with Crippen molar-refractivity contribution in [3.63, 3.8) is 0 Å². The SMILES string of the molecule is CC(C)Oc1ccc(N2CCC(c3[nH]nc4c3C(C(F)(F)F)C(O)C(=O)N4)CC2)cn1. The zero-order valence-electron chi connectivity index (χ0n) is 17.1. The van der Waals surface area contributed by atoms with E-state index in [1.54, 1.807) is 12.3 Å². The molecule has 168 valence electrons. The summed E-state index contributed by atoms with van der Waals surface area (Å²) in [6, 6.07) is 3.71. The summed E-state index contributed by atoms with van der Waals surface area (Å²) >= 11 is 0. The predicted molar refractivity (Wildman–Crippen MR) is 106 cm³/mol. The van der Waals surface area contributed by atoms with Gasteiger partial charge in [-0.15, -0.1) is 0 Å². The number of aromatic amines is 1. The van der Waals surface area contributed by atoms with Gasteiger partial charge in [-0.05, 0) is 32.8 Å². The van der Waals surface area contributed by atoms with Crippen LogP contribution in [-0.4, -0.2) is 57.7 Å². The van der Waals surface area contributed by atoms with Crippen molar-refractivity contribution in [2.45, 2.75) is 56.9 Å². The molecule has 2 aromatic rings. The molecule has 1 saturated heterocycles. The van der Waals surface area contributed by atoms with Crippen LogP contribution in [0.5, 0.6) is 5.88 Å². The molecule has 11 heteroatoms. The molecule has 2 aromatic heterocycles. The van der Waals surface area contributed by atoms with Crippen molar-refractivity contribution in [2.24, 2.45) is 0 Å². The van der Waals surface area contributed by atoms with Gasteiger partial charge in [-0.3, -0.25) is 9.89 Å². The second-order valence-corrected chi connectivity index (χ2v) is 8.14. The second kappa shape index (κ2) is 8.03. The molecule has 0 bridgehead atoms. The minimum Gasteiger partial charge on any atom is -0.475 e. The van der Waals surface area contributed by atoms with Gasteiger partial charge >= 0.3 is 6.18 Å². The van der Waals surface area contributed by atoms with E-state index in [2.05, 4.69) is 25.4 Å². The number of aliphatic hydroxyl groups excluding tert-OH is 1. The molecule has 2 atom stereocenters. The highest BCUT2D eigenvalue weighted by atomic mass is 19.4. The van der Waals surface area contributed by atoms with Crippen LogP contribution < -0.4 is 15.0 Å². The van der Waals surface area contributed by atoms with Crippen molar-refractivity contribution in [3.8, 4) is 5.88 Å². The van der Waals surface area contributed by atoms with Crippen molar-refractivity contribution >= 4 is 17.4 Å². The molecule has 0 aromatic carbocycles. The number of pyridine rings is 1. The summed E-state index contributed by atoms with van der Waals surface area (Å²) in [5.74, 6) is -3.20. The van der Waals surface area contributed by atoms with E-state index in [-0.39, 0.29) is 23.4 Å². The highest BCUT2D eigenvalue weighted by Crippen LogP contribution is 2.47. The van der Waals surface area contributed by atoms with Crippen LogP contribution in [0, 0.1) is 0 Å². The van der Waals surface area contributed by atoms with E-state index in [0.717, 1.165) is 5.69 Å². The van der Waals surface area contributed by atoms with Crippen molar-refractivity contribution < 1.29 is 27.8 Å². The van der Waals surface area contributed by atoms with Crippen LogP contribution in [0.3, 0.4) is 0 Å². The van der Waals surface area contributed by atoms with E-state index in [9.17, 15) is 23.1 Å². The first kappa shape index (κ1) is 21.4. The van der Waals surface area contributed by atoms with E-state index >= 15 is 0 Å². The maximum absolute atomic E-state index is 13.7. The molecule has 0 spiro atoms. The first-order valence-corrected chi connectivity index (χ1v) is 10.2. The number of aliphatic hydroxyl groups is 1. The van der Waals surface area contributed by atoms with Crippen molar-refractivity contribution in [1.82, 2.24) is 15.2 Å². The van der Waals surface area contributed by atoms with Crippen LogP contribution in [0.4, 0.5) is 24.7 Å². The molecule has 2 unspecified atom stereocenters. The Morgan fingerprint density at radius 1 is 1.26 bits per heavy atom. The Morgan fingerprint density at radius 3 is 2.55 bits per heavy atom. The zero-order chi connectivity index (χ0) is 22.3. The second-order valence-electron chi connectivity index (χ2n) is 8.14. The predicted octanol–water partition coefficient (Wildman–Crippen LogP) is 2.93. The van der Waals surface area contributed by atoms with Crippen LogP contribution in [0.25, 0.3) is 0 Å². The number of nitrogens with zero attached hydrogens (tertiary/aromatic N) is 3. The van der Waals surface area contributed by atoms with Gasteiger partial charge in [-0.25, -0.2) is 4.98 Å². The van der Waals surface area contributed by atoms with Crippen LogP contribution in [0.2, 0.25) is 0 Å². The third kappa shape index (κ3) is 4.18. The number of piperidine rings is 1. The number of carbonyl (C=O) groups excluding carboxylic acids is 1. The monoisotopic (exact) mass is 439 g/mol. The summed E-state index contributed by atoms with van der Waals surface area (Å²) in [7, 11) is 0. The van der Waals surface area contributed by atoms with Crippen molar-refractivity contribution in [1.29, 1.82) is 0 Å². The highest BCUT2D eigenvalue weighted by molar-refractivity contribution is 5.97. The lowest BCUT2D eigenvalue weighted by atomic mass is 9.83. The number of amides is 1. The molecule has 0 aliphatic carbocycles. The number of hydrogen-bond donors (Lipinski definition) is 3. The quantitative estimate of drug-likeness (QED) is 0.677. The molecule has 0 saturated carbocycles. The normalized spacial score (nSPS) is 22.4. The average Bonchev–Trinajstić information content (AvgIpc) is 3.11. The number of ether oxygens (including phenoxy) is 1. The Hall–Kier alpha value is -2.82. The lowest BCUT2D eigenvalue weighted by Gasteiger charge is -2.35. The molecule has 8 nitrogen and oxygen atoms in total. The van der Waals surface area contributed by atoms with E-state index < -0.39 is 24.1 Å². The number of halogens is 3. The number of H-pyrrole nitrogens is 1. The molecular formula is C20H24F3N5O3. The van der Waals surface area contributed by atoms with E-state index in [0.29, 0.717) is 37.5 Å². The fraction of sp³-hybridized carbons (Fsp3) is 0.550. The topological polar surface area (TPSA) is 103 Å². The van der Waals surface area contributed by atoms with Gasteiger partial charge in [-0.1, -0.05) is 0 Å². The number of rotatable bonds is 4. The van der Waals surface area contributed by atoms with E-state index in [1.807, 2.05) is 19.9 Å². The Morgan fingerprint density at radius 2 is 1.97 bits per heavy atom. The lowest BCUT2D eigenvalue weighted by molar-refractivity contribution is -0.177. The van der Waals surface area contributed by atoms with Gasteiger partial charge in [0.2, 0.25) is 5.88 Å². The van der Waals surface area contributed by atoms with Gasteiger partial charge in [0.05, 0.1) is 18.0 Å². The number of alkyl halides is 3. The average molecular weight is 439 g/mol. The summed E-state index contributed by atoms with van der Waals surface area (Å²) in [5.41, 5.74) is 1.08. The van der Waals surface area contributed by atoms with Crippen LogP contribution in [0.15, 0.2) is 18.3 Å². The van der Waals surface area contributed by atoms with Crippen molar-refractivity contribution in [2.75, 3.05) is 23.3 Å².